The summed E-state index contributed by atoms with van der Waals surface area (Å²) < 4.78 is 5.51. The van der Waals surface area contributed by atoms with Crippen LogP contribution in [-0.2, 0) is 16.0 Å². The Balaban J connectivity index is 2.12. The SMILES string of the molecule is CC(C)C1(CCc2cncs2)CC(O)=CC(=O)O1. The first kappa shape index (κ1) is 13.1. The van der Waals surface area contributed by atoms with Crippen molar-refractivity contribution >= 4 is 17.3 Å². The summed E-state index contributed by atoms with van der Waals surface area (Å²) in [6.45, 7) is 4.02. The number of carbonyl (C=O) groups excluding carboxylic acids is 1. The Hall–Kier alpha value is -1.36. The van der Waals surface area contributed by atoms with Crippen LogP contribution in [0.25, 0.3) is 0 Å². The van der Waals surface area contributed by atoms with E-state index < -0.39 is 11.6 Å². The quantitative estimate of drug-likeness (QED) is 0.852. The van der Waals surface area contributed by atoms with Gasteiger partial charge in [0.1, 0.15) is 11.4 Å². The lowest BCUT2D eigenvalue weighted by atomic mass is 9.81. The van der Waals surface area contributed by atoms with Gasteiger partial charge < -0.3 is 9.84 Å². The zero-order valence-electron chi connectivity index (χ0n) is 10.5. The fourth-order valence-electron chi connectivity index (χ4n) is 2.21. The first-order valence-corrected chi connectivity index (χ1v) is 6.90. The normalized spacial score (nSPS) is 23.9. The van der Waals surface area contributed by atoms with E-state index in [0.29, 0.717) is 12.8 Å². The topological polar surface area (TPSA) is 59.4 Å². The molecule has 0 bridgehead atoms. The van der Waals surface area contributed by atoms with Crippen LogP contribution in [0.5, 0.6) is 0 Å². The molecule has 18 heavy (non-hydrogen) atoms. The molecule has 0 radical (unpaired) electrons. The van der Waals surface area contributed by atoms with Crippen molar-refractivity contribution in [3.63, 3.8) is 0 Å². The molecule has 5 heteroatoms. The summed E-state index contributed by atoms with van der Waals surface area (Å²) in [4.78, 5) is 16.7. The van der Waals surface area contributed by atoms with Crippen molar-refractivity contribution in [3.8, 4) is 0 Å². The highest BCUT2D eigenvalue weighted by molar-refractivity contribution is 7.09. The number of nitrogens with zero attached hydrogens (tertiary/aromatic N) is 1. The second-order valence-electron chi connectivity index (χ2n) is 4.92. The summed E-state index contributed by atoms with van der Waals surface area (Å²) in [5.41, 5.74) is 1.20. The number of ether oxygens (including phenoxy) is 1. The van der Waals surface area contributed by atoms with Gasteiger partial charge in [0.05, 0.1) is 11.6 Å². The molecule has 4 nitrogen and oxygen atoms in total. The third kappa shape index (κ3) is 2.72. The van der Waals surface area contributed by atoms with E-state index in [-0.39, 0.29) is 11.7 Å². The molecule has 0 amide bonds. The molecule has 98 valence electrons. The van der Waals surface area contributed by atoms with Gasteiger partial charge in [-0.15, -0.1) is 11.3 Å². The maximum Gasteiger partial charge on any atom is 0.334 e. The maximum atomic E-state index is 11.5. The van der Waals surface area contributed by atoms with E-state index in [0.717, 1.165) is 12.5 Å². The van der Waals surface area contributed by atoms with Gasteiger partial charge in [0.2, 0.25) is 0 Å². The average molecular weight is 267 g/mol. The molecule has 1 aliphatic heterocycles. The zero-order chi connectivity index (χ0) is 13.2. The Bertz CT molecular complexity index is 453. The Kier molecular flexibility index (Phi) is 3.71. The van der Waals surface area contributed by atoms with Crippen LogP contribution >= 0.6 is 11.3 Å². The zero-order valence-corrected chi connectivity index (χ0v) is 11.4. The van der Waals surface area contributed by atoms with Crippen LogP contribution in [0.4, 0.5) is 0 Å². The lowest BCUT2D eigenvalue weighted by Gasteiger charge is -2.38. The molecule has 0 spiro atoms. The Labute approximate surface area is 110 Å². The Morgan fingerprint density at radius 2 is 2.39 bits per heavy atom. The maximum absolute atomic E-state index is 11.5. The van der Waals surface area contributed by atoms with Gasteiger partial charge in [0, 0.05) is 17.5 Å². The van der Waals surface area contributed by atoms with Gasteiger partial charge in [0.25, 0.3) is 0 Å². The Morgan fingerprint density at radius 1 is 1.61 bits per heavy atom. The van der Waals surface area contributed by atoms with Gasteiger partial charge in [0.15, 0.2) is 0 Å². The summed E-state index contributed by atoms with van der Waals surface area (Å²) >= 11 is 1.59. The number of carbonyl (C=O) groups is 1. The smallest absolute Gasteiger partial charge is 0.334 e. The average Bonchev–Trinajstić information content (AvgIpc) is 2.77. The summed E-state index contributed by atoms with van der Waals surface area (Å²) in [5.74, 6) is -0.175. The highest BCUT2D eigenvalue weighted by Crippen LogP contribution is 2.36. The van der Waals surface area contributed by atoms with Crippen LogP contribution in [0.1, 0.15) is 31.6 Å². The predicted molar refractivity (Wildman–Crippen MR) is 69.4 cm³/mol. The number of aliphatic hydroxyl groups is 1. The van der Waals surface area contributed by atoms with Crippen molar-refractivity contribution in [2.75, 3.05) is 0 Å². The molecule has 1 aromatic heterocycles. The number of aliphatic hydroxyl groups excluding tert-OH is 1. The van der Waals surface area contributed by atoms with Crippen molar-refractivity contribution in [3.05, 3.63) is 28.4 Å². The number of hydrogen-bond acceptors (Lipinski definition) is 5. The molecule has 1 aliphatic rings. The molecule has 0 aliphatic carbocycles. The number of rotatable bonds is 4. The molecular weight excluding hydrogens is 250 g/mol. The molecule has 0 saturated carbocycles. The van der Waals surface area contributed by atoms with Crippen molar-refractivity contribution in [1.29, 1.82) is 0 Å². The van der Waals surface area contributed by atoms with Crippen molar-refractivity contribution in [2.45, 2.75) is 38.7 Å². The lowest BCUT2D eigenvalue weighted by molar-refractivity contribution is -0.163. The van der Waals surface area contributed by atoms with Gasteiger partial charge in [-0.2, -0.15) is 0 Å². The van der Waals surface area contributed by atoms with Crippen LogP contribution in [-0.4, -0.2) is 21.7 Å². The third-order valence-electron chi connectivity index (χ3n) is 3.40. The van der Waals surface area contributed by atoms with Crippen LogP contribution in [0, 0.1) is 5.92 Å². The summed E-state index contributed by atoms with van der Waals surface area (Å²) in [7, 11) is 0. The van der Waals surface area contributed by atoms with Crippen molar-refractivity contribution in [2.24, 2.45) is 5.92 Å². The molecule has 1 unspecified atom stereocenters. The first-order valence-electron chi connectivity index (χ1n) is 6.02. The standard InChI is InChI=1S/C13H17NO3S/c1-9(2)13(4-3-11-7-14-8-18-11)6-10(15)5-12(16)17-13/h5,7-9,15H,3-4,6H2,1-2H3. The predicted octanol–water partition coefficient (Wildman–Crippen LogP) is 2.86. The second-order valence-corrected chi connectivity index (χ2v) is 5.89. The minimum absolute atomic E-state index is 0.115. The first-order chi connectivity index (χ1) is 8.52. The molecule has 0 saturated heterocycles. The minimum atomic E-state index is -0.597. The fraction of sp³-hybridized carbons (Fsp3) is 0.538. The van der Waals surface area contributed by atoms with Crippen LogP contribution in [0.15, 0.2) is 23.5 Å². The van der Waals surface area contributed by atoms with E-state index in [1.54, 1.807) is 16.8 Å². The molecule has 2 rings (SSSR count). The number of thiazole rings is 1. The van der Waals surface area contributed by atoms with Crippen molar-refractivity contribution in [1.82, 2.24) is 4.98 Å². The molecule has 2 heterocycles. The van der Waals surface area contributed by atoms with E-state index in [2.05, 4.69) is 4.98 Å². The van der Waals surface area contributed by atoms with Crippen LogP contribution < -0.4 is 0 Å². The highest BCUT2D eigenvalue weighted by Gasteiger charge is 2.41. The van der Waals surface area contributed by atoms with Crippen molar-refractivity contribution < 1.29 is 14.6 Å². The lowest BCUT2D eigenvalue weighted by Crippen LogP contribution is -2.43. The largest absolute Gasteiger partial charge is 0.512 e. The van der Waals surface area contributed by atoms with Gasteiger partial charge in [-0.3, -0.25) is 4.98 Å². The molecule has 1 aromatic rings. The molecule has 0 aromatic carbocycles. The number of esters is 1. The van der Waals surface area contributed by atoms with Gasteiger partial charge in [-0.05, 0) is 18.8 Å². The highest BCUT2D eigenvalue weighted by atomic mass is 32.1. The van der Waals surface area contributed by atoms with E-state index >= 15 is 0 Å². The summed E-state index contributed by atoms with van der Waals surface area (Å²) in [5, 5.41) is 9.67. The van der Waals surface area contributed by atoms with E-state index in [4.69, 9.17) is 4.74 Å². The number of aryl methyl sites for hydroxylation is 1. The molecule has 1 N–H and O–H groups in total. The van der Waals surface area contributed by atoms with Gasteiger partial charge in [-0.1, -0.05) is 13.8 Å². The monoisotopic (exact) mass is 267 g/mol. The summed E-state index contributed by atoms with van der Waals surface area (Å²) in [6.07, 6.45) is 4.90. The number of hydrogen-bond donors (Lipinski definition) is 1. The number of cyclic esters (lactones) is 1. The Morgan fingerprint density at radius 3 is 2.94 bits per heavy atom. The third-order valence-corrected chi connectivity index (χ3v) is 4.24. The second kappa shape index (κ2) is 5.10. The van der Waals surface area contributed by atoms with E-state index in [9.17, 15) is 9.90 Å². The van der Waals surface area contributed by atoms with Gasteiger partial charge in [-0.25, -0.2) is 4.79 Å². The molecule has 1 atom stereocenters. The van der Waals surface area contributed by atoms with Crippen LogP contribution in [0.2, 0.25) is 0 Å². The minimum Gasteiger partial charge on any atom is -0.512 e. The van der Waals surface area contributed by atoms with Gasteiger partial charge >= 0.3 is 5.97 Å². The number of aromatic nitrogens is 1. The van der Waals surface area contributed by atoms with Crippen LogP contribution in [0.3, 0.4) is 0 Å². The summed E-state index contributed by atoms with van der Waals surface area (Å²) in [6, 6.07) is 0. The van der Waals surface area contributed by atoms with E-state index in [1.807, 2.05) is 20.0 Å². The molecule has 0 fully saturated rings. The fourth-order valence-corrected chi connectivity index (χ4v) is 2.81. The molecular formula is C13H17NO3S. The van der Waals surface area contributed by atoms with E-state index in [1.165, 1.54) is 4.88 Å².